The Labute approximate surface area is 515 Å². The quantitative estimate of drug-likeness (QED) is 0.0195. The number of rotatable bonds is 60. The molecule has 8 unspecified atom stereocenters. The second-order valence-electron chi connectivity index (χ2n) is 24.3. The topological polar surface area (TPSA) is 175 Å². The van der Waals surface area contributed by atoms with E-state index in [0.29, 0.717) is 12.8 Å². The highest BCUT2D eigenvalue weighted by Gasteiger charge is 2.47. The first-order valence-electron chi connectivity index (χ1n) is 35.2. The second-order valence-corrected chi connectivity index (χ2v) is 24.3. The van der Waals surface area contributed by atoms with Gasteiger partial charge in [0.15, 0.2) is 12.4 Å². The molecule has 84 heavy (non-hydrogen) atoms. The number of hydrogen-bond donors (Lipinski definition) is 6. The molecule has 0 saturated carbocycles. The summed E-state index contributed by atoms with van der Waals surface area (Å²) in [5, 5.41) is 57.2. The van der Waals surface area contributed by atoms with E-state index in [1.165, 1.54) is 180 Å². The number of carbonyl (C=O) groups excluding carboxylic acids is 2. The Balaban J connectivity index is 2.57. The molecular formula is C73H131NO10. The molecule has 6 N–H and O–H groups in total. The van der Waals surface area contributed by atoms with Gasteiger partial charge >= 0.3 is 5.97 Å². The number of carbonyl (C=O) groups is 2. The number of nitrogens with one attached hydrogen (secondary N) is 1. The van der Waals surface area contributed by atoms with Gasteiger partial charge in [-0.05, 0) is 96.3 Å². The number of esters is 1. The zero-order valence-electron chi connectivity index (χ0n) is 54.3. The SMILES string of the molecule is CCCCC/C=C\C/C=C\C/C=C\CCCCCCCCCCCCCCCC(O)C(=O)NC(COC1OC(CO)C(O)C(O)C1OC(=O)CCCCCCCCC/C=C\C/C=C\CCCCC)C(O)/C=C/CCCCCCCCCCCC. The fraction of sp³-hybridized carbons (Fsp3) is 0.808. The molecule has 0 bridgehead atoms. The lowest BCUT2D eigenvalue weighted by atomic mass is 9.99. The molecule has 1 saturated heterocycles. The van der Waals surface area contributed by atoms with Gasteiger partial charge in [-0.25, -0.2) is 0 Å². The van der Waals surface area contributed by atoms with Gasteiger partial charge in [-0.1, -0.05) is 286 Å². The summed E-state index contributed by atoms with van der Waals surface area (Å²) in [5.41, 5.74) is 0. The summed E-state index contributed by atoms with van der Waals surface area (Å²) >= 11 is 0. The third kappa shape index (κ3) is 47.2. The normalized spacial score (nSPS) is 18.9. The summed E-state index contributed by atoms with van der Waals surface area (Å²) in [6.07, 6.45) is 68.0. The molecule has 1 heterocycles. The lowest BCUT2D eigenvalue weighted by Gasteiger charge is -2.41. The predicted molar refractivity (Wildman–Crippen MR) is 352 cm³/mol. The maximum atomic E-state index is 13.5. The molecular weight excluding hydrogens is 1050 g/mol. The number of ether oxygens (including phenoxy) is 3. The first-order chi connectivity index (χ1) is 41.2. The van der Waals surface area contributed by atoms with Crippen LogP contribution in [0.5, 0.6) is 0 Å². The van der Waals surface area contributed by atoms with Crippen molar-refractivity contribution in [1.29, 1.82) is 0 Å². The minimum absolute atomic E-state index is 0.114. The molecule has 0 aromatic carbocycles. The van der Waals surface area contributed by atoms with Crippen LogP contribution in [0, 0.1) is 0 Å². The predicted octanol–water partition coefficient (Wildman–Crippen LogP) is 17.9. The summed E-state index contributed by atoms with van der Waals surface area (Å²) in [7, 11) is 0. The van der Waals surface area contributed by atoms with E-state index in [2.05, 4.69) is 86.8 Å². The van der Waals surface area contributed by atoms with Crippen molar-refractivity contribution >= 4 is 11.9 Å². The molecule has 1 aliphatic rings. The molecule has 1 amide bonds. The van der Waals surface area contributed by atoms with E-state index in [4.69, 9.17) is 14.2 Å². The molecule has 1 aliphatic heterocycles. The van der Waals surface area contributed by atoms with E-state index in [1.807, 2.05) is 6.08 Å². The van der Waals surface area contributed by atoms with Crippen molar-refractivity contribution in [2.24, 2.45) is 0 Å². The Morgan fingerprint density at radius 3 is 1.25 bits per heavy atom. The number of amides is 1. The molecule has 0 aromatic heterocycles. The maximum Gasteiger partial charge on any atom is 0.306 e. The number of aliphatic hydroxyl groups is 5. The van der Waals surface area contributed by atoms with Crippen LogP contribution in [0.4, 0.5) is 0 Å². The summed E-state index contributed by atoms with van der Waals surface area (Å²) in [6.45, 7) is 5.76. The highest BCUT2D eigenvalue weighted by molar-refractivity contribution is 5.80. The standard InChI is InChI=1S/C73H131NO10/c1-4-7-10-13-16-19-22-25-27-29-30-31-32-33-34-35-36-37-39-40-42-45-48-51-54-57-60-66(77)72(81)74-64(65(76)59-56-53-50-47-44-24-21-18-15-12-9-6-3)63-82-73-71(70(80)69(79)67(62-75)83-73)84-68(78)61-58-55-52-49-46-43-41-38-28-26-23-20-17-14-11-8-5-2/h16-17,19-20,25-28,30-31,56,59,64-67,69-71,73,75-77,79-80H,4-15,18,21-24,29,32-55,57-58,60-63H2,1-3H3,(H,74,81)/b19-16-,20-17-,27-25-,28-26-,31-30-,59-56+. The summed E-state index contributed by atoms with van der Waals surface area (Å²) in [5.74, 6) is -1.20. The summed E-state index contributed by atoms with van der Waals surface area (Å²) in [4.78, 5) is 26.6. The van der Waals surface area contributed by atoms with Gasteiger partial charge in [0.1, 0.15) is 24.4 Å². The van der Waals surface area contributed by atoms with Crippen LogP contribution >= 0.6 is 0 Å². The zero-order valence-corrected chi connectivity index (χ0v) is 54.3. The largest absolute Gasteiger partial charge is 0.454 e. The van der Waals surface area contributed by atoms with E-state index in [-0.39, 0.29) is 19.4 Å². The third-order valence-electron chi connectivity index (χ3n) is 16.3. The third-order valence-corrected chi connectivity index (χ3v) is 16.3. The number of hydrogen-bond acceptors (Lipinski definition) is 10. The van der Waals surface area contributed by atoms with Crippen molar-refractivity contribution in [2.75, 3.05) is 13.2 Å². The Bertz CT molecular complexity index is 1640. The fourth-order valence-corrected chi connectivity index (χ4v) is 10.7. The van der Waals surface area contributed by atoms with Gasteiger partial charge in [0.25, 0.3) is 0 Å². The van der Waals surface area contributed by atoms with Gasteiger partial charge in [0, 0.05) is 6.42 Å². The van der Waals surface area contributed by atoms with E-state index < -0.39 is 67.4 Å². The second kappa shape index (κ2) is 60.4. The minimum atomic E-state index is -1.62. The van der Waals surface area contributed by atoms with Crippen LogP contribution in [-0.2, 0) is 23.8 Å². The Hall–Kier alpha value is -2.90. The van der Waals surface area contributed by atoms with Crippen molar-refractivity contribution in [3.63, 3.8) is 0 Å². The minimum Gasteiger partial charge on any atom is -0.454 e. The summed E-state index contributed by atoms with van der Waals surface area (Å²) in [6, 6.07) is -1.03. The van der Waals surface area contributed by atoms with Crippen molar-refractivity contribution in [3.8, 4) is 0 Å². The van der Waals surface area contributed by atoms with E-state index in [9.17, 15) is 35.1 Å². The van der Waals surface area contributed by atoms with Crippen LogP contribution in [0.2, 0.25) is 0 Å². The molecule has 0 aromatic rings. The van der Waals surface area contributed by atoms with E-state index >= 15 is 0 Å². The summed E-state index contributed by atoms with van der Waals surface area (Å²) < 4.78 is 17.7. The van der Waals surface area contributed by atoms with Crippen molar-refractivity contribution < 1.29 is 49.3 Å². The monoisotopic (exact) mass is 1180 g/mol. The molecule has 1 fully saturated rings. The van der Waals surface area contributed by atoms with Crippen molar-refractivity contribution in [2.45, 2.75) is 365 Å². The van der Waals surface area contributed by atoms with Crippen LogP contribution in [-0.4, -0.2) is 99.6 Å². The highest BCUT2D eigenvalue weighted by atomic mass is 16.7. The van der Waals surface area contributed by atoms with Crippen LogP contribution in [0.15, 0.2) is 72.9 Å². The Morgan fingerprint density at radius 1 is 0.464 bits per heavy atom. The zero-order chi connectivity index (χ0) is 61.0. The van der Waals surface area contributed by atoms with Crippen LogP contribution in [0.1, 0.15) is 316 Å². The number of unbranched alkanes of at least 4 members (excludes halogenated alkanes) is 36. The smallest absolute Gasteiger partial charge is 0.306 e. The lowest BCUT2D eigenvalue weighted by molar-refractivity contribution is -0.305. The maximum absolute atomic E-state index is 13.5. The first-order valence-corrected chi connectivity index (χ1v) is 35.2. The average molecular weight is 1180 g/mol. The Morgan fingerprint density at radius 2 is 0.821 bits per heavy atom. The lowest BCUT2D eigenvalue weighted by Crippen LogP contribution is -2.61. The van der Waals surface area contributed by atoms with Crippen LogP contribution in [0.3, 0.4) is 0 Å². The van der Waals surface area contributed by atoms with Gasteiger partial charge in [-0.2, -0.15) is 0 Å². The number of aliphatic hydroxyl groups excluding tert-OH is 5. The Kier molecular flexibility index (Phi) is 56.9. The number of allylic oxidation sites excluding steroid dienone is 11. The van der Waals surface area contributed by atoms with Gasteiger partial charge < -0.3 is 45.1 Å². The van der Waals surface area contributed by atoms with Gasteiger partial charge in [-0.15, -0.1) is 0 Å². The van der Waals surface area contributed by atoms with Gasteiger partial charge in [0.05, 0.1) is 25.4 Å². The first kappa shape index (κ1) is 79.1. The molecule has 0 aliphatic carbocycles. The molecule has 1 rings (SSSR count). The molecule has 11 heteroatoms. The molecule has 8 atom stereocenters. The van der Waals surface area contributed by atoms with Gasteiger partial charge in [-0.3, -0.25) is 9.59 Å². The average Bonchev–Trinajstić information content (AvgIpc) is 3.67. The van der Waals surface area contributed by atoms with Crippen LogP contribution < -0.4 is 5.32 Å². The molecule has 488 valence electrons. The van der Waals surface area contributed by atoms with Gasteiger partial charge in [0.2, 0.25) is 5.91 Å². The fourth-order valence-electron chi connectivity index (χ4n) is 10.7. The molecule has 0 radical (unpaired) electrons. The molecule has 11 nitrogen and oxygen atoms in total. The highest BCUT2D eigenvalue weighted by Crippen LogP contribution is 2.26. The van der Waals surface area contributed by atoms with E-state index in [0.717, 1.165) is 89.9 Å². The van der Waals surface area contributed by atoms with Crippen LogP contribution in [0.25, 0.3) is 0 Å². The van der Waals surface area contributed by atoms with E-state index in [1.54, 1.807) is 6.08 Å². The van der Waals surface area contributed by atoms with Crippen molar-refractivity contribution in [3.05, 3.63) is 72.9 Å². The molecule has 0 spiro atoms. The van der Waals surface area contributed by atoms with Crippen molar-refractivity contribution in [1.82, 2.24) is 5.32 Å².